The van der Waals surface area contributed by atoms with Gasteiger partial charge in [0.05, 0.1) is 54.5 Å². The fourth-order valence-electron chi connectivity index (χ4n) is 7.61. The van der Waals surface area contributed by atoms with Crippen molar-refractivity contribution in [2.24, 2.45) is 11.8 Å². The van der Waals surface area contributed by atoms with Crippen LogP contribution in [0, 0.1) is 11.8 Å². The van der Waals surface area contributed by atoms with Crippen LogP contribution in [0.25, 0.3) is 12.2 Å². The van der Waals surface area contributed by atoms with Crippen LogP contribution in [-0.2, 0) is 19.1 Å². The van der Waals surface area contributed by atoms with Gasteiger partial charge < -0.3 is 56.8 Å². The van der Waals surface area contributed by atoms with Gasteiger partial charge in [0, 0.05) is 11.8 Å². The van der Waals surface area contributed by atoms with Crippen LogP contribution in [0.3, 0.4) is 0 Å². The maximum absolute atomic E-state index is 14.4. The van der Waals surface area contributed by atoms with Gasteiger partial charge in [0.15, 0.2) is 46.0 Å². The molecule has 2 aliphatic heterocycles. The van der Waals surface area contributed by atoms with E-state index in [2.05, 4.69) is 0 Å². The summed E-state index contributed by atoms with van der Waals surface area (Å²) in [5.74, 6) is 0.333. The Hall–Kier alpha value is -6.70. The normalized spacial score (nSPS) is 18.7. The van der Waals surface area contributed by atoms with E-state index in [1.807, 2.05) is 48.6 Å². The van der Waals surface area contributed by atoms with Crippen molar-refractivity contribution in [3.8, 4) is 57.5 Å². The van der Waals surface area contributed by atoms with Crippen LogP contribution in [0.15, 0.2) is 72.8 Å². The zero-order valence-electron chi connectivity index (χ0n) is 32.9. The molecule has 3 aliphatic rings. The van der Waals surface area contributed by atoms with E-state index in [0.717, 1.165) is 11.1 Å². The lowest BCUT2D eigenvalue weighted by Crippen LogP contribution is -2.52. The fraction of sp³-hybridized carbons (Fsp3) is 0.318. The molecule has 14 heteroatoms. The molecule has 0 unspecified atom stereocenters. The first-order valence-electron chi connectivity index (χ1n) is 18.4. The van der Waals surface area contributed by atoms with Crippen LogP contribution in [0.2, 0.25) is 0 Å². The van der Waals surface area contributed by atoms with Crippen LogP contribution in [-0.4, -0.2) is 81.4 Å². The lowest BCUT2D eigenvalue weighted by atomic mass is 9.52. The van der Waals surface area contributed by atoms with E-state index in [1.165, 1.54) is 42.7 Å². The lowest BCUT2D eigenvalue weighted by molar-refractivity contribution is -0.166. The molecule has 0 N–H and O–H groups in total. The van der Waals surface area contributed by atoms with E-state index in [0.29, 0.717) is 68.6 Å². The molecule has 0 amide bonds. The Morgan fingerprint density at radius 1 is 0.517 bits per heavy atom. The second-order valence-corrected chi connectivity index (χ2v) is 13.3. The molecule has 0 atom stereocenters. The fourth-order valence-corrected chi connectivity index (χ4v) is 7.61. The van der Waals surface area contributed by atoms with Crippen LogP contribution in [0.4, 0.5) is 0 Å². The van der Waals surface area contributed by atoms with E-state index in [9.17, 15) is 9.59 Å². The number of methoxy groups -OCH3 is 6. The molecule has 0 radical (unpaired) electrons. The summed E-state index contributed by atoms with van der Waals surface area (Å²) in [4.78, 5) is 28.9. The van der Waals surface area contributed by atoms with E-state index in [1.54, 1.807) is 36.4 Å². The quantitative estimate of drug-likeness (QED) is 0.109. The van der Waals surface area contributed by atoms with Crippen molar-refractivity contribution in [2.75, 3.05) is 69.5 Å². The lowest BCUT2D eigenvalue weighted by Gasteiger charge is -2.49. The minimum Gasteiger partial charge on any atom is -0.493 e. The summed E-state index contributed by atoms with van der Waals surface area (Å²) in [5, 5.41) is 0. The molecule has 0 bridgehead atoms. The van der Waals surface area contributed by atoms with Crippen molar-refractivity contribution in [1.29, 1.82) is 0 Å². The zero-order valence-corrected chi connectivity index (χ0v) is 32.9. The predicted molar refractivity (Wildman–Crippen MR) is 210 cm³/mol. The van der Waals surface area contributed by atoms with E-state index >= 15 is 0 Å². The van der Waals surface area contributed by atoms with Gasteiger partial charge in [-0.3, -0.25) is 9.59 Å². The number of ether oxygens (including phenoxy) is 12. The Balaban J connectivity index is 1.23. The largest absolute Gasteiger partial charge is 0.493 e. The minimum atomic E-state index is -0.897. The number of carbonyl (C=O) groups is 2. The molecule has 304 valence electrons. The van der Waals surface area contributed by atoms with Crippen molar-refractivity contribution in [2.45, 2.75) is 11.8 Å². The van der Waals surface area contributed by atoms with Gasteiger partial charge in [-0.05, 0) is 82.9 Å². The topological polar surface area (TPSA) is 145 Å². The predicted octanol–water partition coefficient (Wildman–Crippen LogP) is 6.82. The molecule has 0 saturated heterocycles. The minimum absolute atomic E-state index is 0.0481. The first-order chi connectivity index (χ1) is 28.3. The van der Waals surface area contributed by atoms with Gasteiger partial charge in [-0.15, -0.1) is 0 Å². The molecular weight excluding hydrogens is 752 g/mol. The summed E-state index contributed by atoms with van der Waals surface area (Å²) < 4.78 is 67.6. The first kappa shape index (κ1) is 39.5. The molecule has 1 saturated carbocycles. The van der Waals surface area contributed by atoms with Gasteiger partial charge >= 0.3 is 11.9 Å². The number of carbonyl (C=O) groups excluding carboxylic acids is 2. The summed E-state index contributed by atoms with van der Waals surface area (Å²) in [6.07, 6.45) is 7.10. The third kappa shape index (κ3) is 7.82. The first-order valence-corrected chi connectivity index (χ1v) is 18.4. The standard InChI is InChI=1S/C44H44O14/c1-47-33-19-27(20-34(48-2)41(33)51-5)37-39(43(45)53-15-7-9-25-11-13-29-31(17-25)57-23-55-29)38(28-21-35(49-3)42(52-6)36(22-28)50-4)40(37)44(46)54-16-8-10-26-12-14-30-32(18-26)58-24-56-30/h7-14,17-22,37-40H,15-16,23-24H2,1-6H3/b9-7+,10-8+. The molecule has 0 aromatic heterocycles. The van der Waals surface area contributed by atoms with Gasteiger partial charge in [0.1, 0.15) is 13.2 Å². The number of benzene rings is 4. The SMILES string of the molecule is COc1cc(C2C(C(=O)OC/C=C/c3ccc4c(c3)OCO4)C(c3cc(OC)c(OC)c(OC)c3)C2C(=O)OC/C=C/c2ccc3c(c2)OCO3)cc(OC)c1OC. The molecule has 0 spiro atoms. The number of hydrogen-bond donors (Lipinski definition) is 0. The van der Waals surface area contributed by atoms with Gasteiger partial charge in [0.2, 0.25) is 25.1 Å². The smallest absolute Gasteiger partial charge is 0.310 e. The summed E-state index contributed by atoms with van der Waals surface area (Å²) in [6.45, 7) is 0.225. The monoisotopic (exact) mass is 796 g/mol. The molecule has 2 heterocycles. The molecule has 14 nitrogen and oxygen atoms in total. The van der Waals surface area contributed by atoms with Crippen molar-refractivity contribution in [3.05, 3.63) is 95.1 Å². The molecule has 1 aliphatic carbocycles. The van der Waals surface area contributed by atoms with Gasteiger partial charge in [-0.1, -0.05) is 24.3 Å². The van der Waals surface area contributed by atoms with Gasteiger partial charge in [0.25, 0.3) is 0 Å². The van der Waals surface area contributed by atoms with Crippen molar-refractivity contribution in [1.82, 2.24) is 0 Å². The number of fused-ring (bicyclic) bond motifs is 2. The van der Waals surface area contributed by atoms with Gasteiger partial charge in [-0.2, -0.15) is 0 Å². The average Bonchev–Trinajstić information content (AvgIpc) is 3.92. The van der Waals surface area contributed by atoms with Crippen LogP contribution in [0.1, 0.15) is 34.1 Å². The Morgan fingerprint density at radius 3 is 1.22 bits per heavy atom. The second-order valence-electron chi connectivity index (χ2n) is 13.3. The van der Waals surface area contributed by atoms with Crippen LogP contribution < -0.4 is 47.4 Å². The number of hydrogen-bond acceptors (Lipinski definition) is 14. The van der Waals surface area contributed by atoms with Gasteiger partial charge in [-0.25, -0.2) is 0 Å². The molecule has 58 heavy (non-hydrogen) atoms. The number of rotatable bonds is 16. The Labute approximate surface area is 335 Å². The third-order valence-corrected chi connectivity index (χ3v) is 10.3. The average molecular weight is 797 g/mol. The Bertz CT molecular complexity index is 2000. The molecule has 1 fully saturated rings. The highest BCUT2D eigenvalue weighted by molar-refractivity contribution is 5.86. The highest BCUT2D eigenvalue weighted by Gasteiger charge is 2.60. The van der Waals surface area contributed by atoms with Crippen molar-refractivity contribution in [3.63, 3.8) is 0 Å². The summed E-state index contributed by atoms with van der Waals surface area (Å²) in [5.41, 5.74) is 2.83. The molecule has 7 rings (SSSR count). The highest BCUT2D eigenvalue weighted by Crippen LogP contribution is 2.61. The molecular formula is C44H44O14. The maximum Gasteiger partial charge on any atom is 0.310 e. The summed E-state index contributed by atoms with van der Waals surface area (Å²) in [6, 6.07) is 18.0. The summed E-state index contributed by atoms with van der Waals surface area (Å²) in [7, 11) is 8.99. The summed E-state index contributed by atoms with van der Waals surface area (Å²) >= 11 is 0. The third-order valence-electron chi connectivity index (χ3n) is 10.3. The molecule has 4 aromatic carbocycles. The van der Waals surface area contributed by atoms with E-state index < -0.39 is 35.6 Å². The molecule has 4 aromatic rings. The second kappa shape index (κ2) is 17.6. The Morgan fingerprint density at radius 2 is 0.879 bits per heavy atom. The Kier molecular flexibility index (Phi) is 12.0. The van der Waals surface area contributed by atoms with E-state index in [4.69, 9.17) is 56.8 Å². The van der Waals surface area contributed by atoms with E-state index in [-0.39, 0.29) is 26.8 Å². The van der Waals surface area contributed by atoms with Crippen molar-refractivity contribution >= 4 is 24.1 Å². The van der Waals surface area contributed by atoms with Crippen molar-refractivity contribution < 1.29 is 66.4 Å². The number of esters is 2. The van der Waals surface area contributed by atoms with Crippen LogP contribution in [0.5, 0.6) is 57.5 Å². The maximum atomic E-state index is 14.4. The van der Waals surface area contributed by atoms with Crippen LogP contribution >= 0.6 is 0 Å². The highest BCUT2D eigenvalue weighted by atomic mass is 16.7. The zero-order chi connectivity index (χ0) is 40.8.